The largest absolute Gasteiger partial charge is 0.323 e. The highest BCUT2D eigenvalue weighted by molar-refractivity contribution is 6.31. The Morgan fingerprint density at radius 3 is 2.83 bits per heavy atom. The maximum Gasteiger partial charge on any atom is 0.228 e. The molecule has 0 bridgehead atoms. The molecule has 1 aromatic carbocycles. The van der Waals surface area contributed by atoms with Gasteiger partial charge in [-0.15, -0.1) is 0 Å². The number of nitrogens with zero attached hydrogens (tertiary/aromatic N) is 3. The molecule has 1 N–H and O–H groups in total. The number of carbonyl (C=O) groups is 1. The van der Waals surface area contributed by atoms with Crippen molar-refractivity contribution in [3.8, 4) is 5.82 Å². The number of amides is 1. The van der Waals surface area contributed by atoms with Gasteiger partial charge in [-0.25, -0.2) is 9.67 Å². The summed E-state index contributed by atoms with van der Waals surface area (Å²) >= 11 is 6.23. The Morgan fingerprint density at radius 2 is 2.04 bits per heavy atom. The van der Waals surface area contributed by atoms with Crippen LogP contribution >= 0.6 is 11.6 Å². The van der Waals surface area contributed by atoms with E-state index >= 15 is 0 Å². The first-order chi connectivity index (χ1) is 11.7. The summed E-state index contributed by atoms with van der Waals surface area (Å²) in [6.07, 6.45) is 5.96. The first-order valence-corrected chi connectivity index (χ1v) is 8.12. The molecule has 0 radical (unpaired) electrons. The van der Waals surface area contributed by atoms with Crippen LogP contribution in [0.25, 0.3) is 5.82 Å². The molecule has 2 unspecified atom stereocenters. The normalized spacial score (nSPS) is 19.0. The number of hydrogen-bond donors (Lipinski definition) is 1. The van der Waals surface area contributed by atoms with E-state index in [0.29, 0.717) is 11.5 Å². The first kappa shape index (κ1) is 14.9. The van der Waals surface area contributed by atoms with Crippen LogP contribution in [0.15, 0.2) is 61.1 Å². The summed E-state index contributed by atoms with van der Waals surface area (Å²) in [5.74, 6) is 0.714. The molecule has 2 atom stereocenters. The molecule has 0 aliphatic heterocycles. The summed E-state index contributed by atoms with van der Waals surface area (Å²) in [5.41, 5.74) is 1.69. The van der Waals surface area contributed by atoms with Crippen molar-refractivity contribution in [2.45, 2.75) is 12.3 Å². The maximum atomic E-state index is 12.6. The number of rotatable bonds is 4. The second-order valence-corrected chi connectivity index (χ2v) is 6.19. The van der Waals surface area contributed by atoms with Gasteiger partial charge in [0.25, 0.3) is 0 Å². The fourth-order valence-electron chi connectivity index (χ4n) is 2.90. The van der Waals surface area contributed by atoms with Gasteiger partial charge in [0.15, 0.2) is 5.82 Å². The van der Waals surface area contributed by atoms with Crippen LogP contribution in [0.3, 0.4) is 0 Å². The number of anilines is 1. The minimum atomic E-state index is -0.0597. The molecule has 1 aliphatic carbocycles. The molecule has 5 nitrogen and oxygen atoms in total. The second-order valence-electron chi connectivity index (χ2n) is 5.78. The SMILES string of the molecule is O=C(Nc1cccnc1-n1cccn1)C1CC1c1ccccc1Cl. The molecule has 1 aliphatic rings. The van der Waals surface area contributed by atoms with E-state index in [1.165, 1.54) is 0 Å². The fourth-order valence-corrected chi connectivity index (χ4v) is 3.18. The van der Waals surface area contributed by atoms with E-state index in [4.69, 9.17) is 11.6 Å². The van der Waals surface area contributed by atoms with Gasteiger partial charge in [-0.1, -0.05) is 29.8 Å². The van der Waals surface area contributed by atoms with E-state index < -0.39 is 0 Å². The molecule has 2 aromatic heterocycles. The summed E-state index contributed by atoms with van der Waals surface area (Å²) in [5, 5.41) is 7.87. The van der Waals surface area contributed by atoms with Gasteiger partial charge >= 0.3 is 0 Å². The topological polar surface area (TPSA) is 59.8 Å². The molecule has 4 rings (SSSR count). The maximum absolute atomic E-state index is 12.6. The summed E-state index contributed by atoms with van der Waals surface area (Å²) in [6.45, 7) is 0. The number of pyridine rings is 1. The molecular weight excluding hydrogens is 324 g/mol. The Morgan fingerprint density at radius 1 is 1.17 bits per heavy atom. The number of benzene rings is 1. The Labute approximate surface area is 144 Å². The number of nitrogens with one attached hydrogen (secondary N) is 1. The molecule has 0 saturated heterocycles. The first-order valence-electron chi connectivity index (χ1n) is 7.74. The van der Waals surface area contributed by atoms with Crippen molar-refractivity contribution in [1.82, 2.24) is 14.8 Å². The van der Waals surface area contributed by atoms with Gasteiger partial charge in [0, 0.05) is 29.5 Å². The van der Waals surface area contributed by atoms with Gasteiger partial charge in [-0.05, 0) is 42.2 Å². The van der Waals surface area contributed by atoms with Crippen LogP contribution in [0.4, 0.5) is 5.69 Å². The Kier molecular flexibility index (Phi) is 3.78. The second kappa shape index (κ2) is 6.09. The molecule has 3 aromatic rings. The third kappa shape index (κ3) is 2.78. The fraction of sp³-hybridized carbons (Fsp3) is 0.167. The summed E-state index contributed by atoms with van der Waals surface area (Å²) in [7, 11) is 0. The van der Waals surface area contributed by atoms with Crippen LogP contribution in [0.1, 0.15) is 17.9 Å². The van der Waals surface area contributed by atoms with E-state index in [0.717, 1.165) is 17.0 Å². The average molecular weight is 339 g/mol. The van der Waals surface area contributed by atoms with Gasteiger partial charge in [0.1, 0.15) is 0 Å². The third-order valence-electron chi connectivity index (χ3n) is 4.20. The van der Waals surface area contributed by atoms with Gasteiger partial charge in [-0.3, -0.25) is 4.79 Å². The van der Waals surface area contributed by atoms with E-state index in [1.54, 1.807) is 29.3 Å². The molecule has 1 saturated carbocycles. The summed E-state index contributed by atoms with van der Waals surface area (Å²) in [6, 6.07) is 13.1. The molecule has 24 heavy (non-hydrogen) atoms. The van der Waals surface area contributed by atoms with Gasteiger partial charge < -0.3 is 5.32 Å². The van der Waals surface area contributed by atoms with Crippen molar-refractivity contribution in [3.63, 3.8) is 0 Å². The smallest absolute Gasteiger partial charge is 0.228 e. The molecule has 2 heterocycles. The van der Waals surface area contributed by atoms with Crippen LogP contribution in [-0.4, -0.2) is 20.7 Å². The lowest BCUT2D eigenvalue weighted by atomic mass is 10.1. The lowest BCUT2D eigenvalue weighted by Gasteiger charge is -2.10. The van der Waals surface area contributed by atoms with E-state index in [2.05, 4.69) is 15.4 Å². The van der Waals surface area contributed by atoms with Crippen molar-refractivity contribution >= 4 is 23.2 Å². The Bertz CT molecular complexity index is 878. The van der Waals surface area contributed by atoms with Crippen LogP contribution in [0.5, 0.6) is 0 Å². The molecule has 6 heteroatoms. The molecular formula is C18H15ClN4O. The Hall–Kier alpha value is -2.66. The molecule has 1 fully saturated rings. The van der Waals surface area contributed by atoms with Crippen LogP contribution in [-0.2, 0) is 4.79 Å². The van der Waals surface area contributed by atoms with Gasteiger partial charge in [0.05, 0.1) is 5.69 Å². The lowest BCUT2D eigenvalue weighted by Crippen LogP contribution is -2.17. The van der Waals surface area contributed by atoms with Crippen molar-refractivity contribution in [2.24, 2.45) is 5.92 Å². The van der Waals surface area contributed by atoms with Crippen molar-refractivity contribution in [2.75, 3.05) is 5.32 Å². The van der Waals surface area contributed by atoms with Crippen LogP contribution < -0.4 is 5.32 Å². The number of aromatic nitrogens is 3. The number of carbonyl (C=O) groups excluding carboxylic acids is 1. The van der Waals surface area contributed by atoms with E-state index in [-0.39, 0.29) is 17.7 Å². The zero-order valence-electron chi connectivity index (χ0n) is 12.8. The van der Waals surface area contributed by atoms with Crippen molar-refractivity contribution in [1.29, 1.82) is 0 Å². The van der Waals surface area contributed by atoms with Crippen molar-refractivity contribution in [3.05, 3.63) is 71.6 Å². The highest BCUT2D eigenvalue weighted by atomic mass is 35.5. The third-order valence-corrected chi connectivity index (χ3v) is 4.54. The minimum absolute atomic E-state index is 0.0127. The Balaban J connectivity index is 1.52. The zero-order valence-corrected chi connectivity index (χ0v) is 13.5. The summed E-state index contributed by atoms with van der Waals surface area (Å²) < 4.78 is 1.63. The highest BCUT2D eigenvalue weighted by Gasteiger charge is 2.44. The summed E-state index contributed by atoms with van der Waals surface area (Å²) in [4.78, 5) is 16.9. The molecule has 0 spiro atoms. The zero-order chi connectivity index (χ0) is 16.5. The predicted molar refractivity (Wildman–Crippen MR) is 92.3 cm³/mol. The standard InChI is InChI=1S/C18H15ClN4O/c19-15-6-2-1-5-12(15)13-11-14(13)18(24)22-16-7-3-8-20-17(16)23-10-4-9-21-23/h1-10,13-14H,11H2,(H,22,24). The van der Waals surface area contributed by atoms with Gasteiger partial charge in [-0.2, -0.15) is 5.10 Å². The van der Waals surface area contributed by atoms with Gasteiger partial charge in [0.2, 0.25) is 5.91 Å². The monoisotopic (exact) mass is 338 g/mol. The minimum Gasteiger partial charge on any atom is -0.323 e. The average Bonchev–Trinajstić information content (AvgIpc) is 3.20. The van der Waals surface area contributed by atoms with E-state index in [1.807, 2.05) is 36.4 Å². The molecule has 120 valence electrons. The van der Waals surface area contributed by atoms with Crippen molar-refractivity contribution < 1.29 is 4.79 Å². The quantitative estimate of drug-likeness (QED) is 0.789. The highest BCUT2D eigenvalue weighted by Crippen LogP contribution is 2.50. The van der Waals surface area contributed by atoms with Crippen LogP contribution in [0, 0.1) is 5.92 Å². The van der Waals surface area contributed by atoms with E-state index in [9.17, 15) is 4.79 Å². The van der Waals surface area contributed by atoms with Crippen LogP contribution in [0.2, 0.25) is 5.02 Å². The molecule has 1 amide bonds. The lowest BCUT2D eigenvalue weighted by molar-refractivity contribution is -0.117. The predicted octanol–water partition coefficient (Wildman–Crippen LogP) is 3.66. The number of halogens is 1. The number of hydrogen-bond acceptors (Lipinski definition) is 3.